The first-order valence-electron chi connectivity index (χ1n) is 9.63. The molecular weight excluding hydrogens is 402 g/mol. The van der Waals surface area contributed by atoms with E-state index in [1.165, 1.54) is 23.0 Å². The topological polar surface area (TPSA) is 79.9 Å². The van der Waals surface area contributed by atoms with Gasteiger partial charge in [-0.3, -0.25) is 4.79 Å². The van der Waals surface area contributed by atoms with Gasteiger partial charge in [0.1, 0.15) is 17.3 Å². The predicted molar refractivity (Wildman–Crippen MR) is 110 cm³/mol. The van der Waals surface area contributed by atoms with Crippen LogP contribution in [0.4, 0.5) is 8.78 Å². The summed E-state index contributed by atoms with van der Waals surface area (Å²) in [7, 11) is 0. The number of nitrogens with zero attached hydrogens (tertiary/aromatic N) is 3. The summed E-state index contributed by atoms with van der Waals surface area (Å²) in [5.74, 6) is -1.21. The molecule has 0 radical (unpaired) electrons. The van der Waals surface area contributed by atoms with Crippen LogP contribution >= 0.6 is 0 Å². The van der Waals surface area contributed by atoms with Gasteiger partial charge in [-0.1, -0.05) is 37.7 Å². The van der Waals surface area contributed by atoms with E-state index in [4.69, 9.17) is 10.1 Å². The zero-order valence-corrected chi connectivity index (χ0v) is 17.4. The van der Waals surface area contributed by atoms with Crippen LogP contribution in [0.3, 0.4) is 0 Å². The van der Waals surface area contributed by atoms with E-state index in [1.54, 1.807) is 18.2 Å². The van der Waals surface area contributed by atoms with E-state index in [2.05, 4.69) is 10.4 Å². The predicted octanol–water partition coefficient (Wildman–Crippen LogP) is 4.03. The van der Waals surface area contributed by atoms with E-state index in [9.17, 15) is 13.6 Å². The molecule has 6 nitrogen and oxygen atoms in total. The quantitative estimate of drug-likeness (QED) is 0.648. The highest BCUT2D eigenvalue weighted by molar-refractivity contribution is 5.78. The number of nitrogens with one attached hydrogen (secondary N) is 1. The minimum atomic E-state index is -0.609. The Balaban J connectivity index is 1.79. The van der Waals surface area contributed by atoms with Crippen LogP contribution in [-0.4, -0.2) is 15.9 Å². The summed E-state index contributed by atoms with van der Waals surface area (Å²) in [6.45, 7) is 6.02. The highest BCUT2D eigenvalue weighted by Crippen LogP contribution is 2.23. The van der Waals surface area contributed by atoms with Gasteiger partial charge in [0.15, 0.2) is 5.75 Å². The molecule has 8 heteroatoms. The number of rotatable bonds is 6. The van der Waals surface area contributed by atoms with Gasteiger partial charge in [-0.25, -0.2) is 8.78 Å². The summed E-state index contributed by atoms with van der Waals surface area (Å²) < 4.78 is 27.1. The SMILES string of the molecule is CC(C)(C)c1cc(CNC(=O)Cc2cccc(F)c2)n(Oc2cc(F)cc(C#N)c2)n1. The normalized spacial score (nSPS) is 11.1. The Morgan fingerprint density at radius 2 is 1.94 bits per heavy atom. The summed E-state index contributed by atoms with van der Waals surface area (Å²) in [6.07, 6.45) is 0.0221. The van der Waals surface area contributed by atoms with Gasteiger partial charge >= 0.3 is 0 Å². The molecule has 0 atom stereocenters. The van der Waals surface area contributed by atoms with Gasteiger partial charge in [-0.2, -0.15) is 5.26 Å². The van der Waals surface area contributed by atoms with Crippen molar-refractivity contribution in [1.29, 1.82) is 5.26 Å². The molecule has 0 saturated carbocycles. The van der Waals surface area contributed by atoms with Gasteiger partial charge in [0, 0.05) is 17.5 Å². The van der Waals surface area contributed by atoms with Crippen LogP contribution in [0.15, 0.2) is 48.5 Å². The van der Waals surface area contributed by atoms with E-state index in [-0.39, 0.29) is 35.6 Å². The number of halogens is 2. The number of amides is 1. The van der Waals surface area contributed by atoms with Crippen LogP contribution in [0.25, 0.3) is 0 Å². The molecule has 1 amide bonds. The van der Waals surface area contributed by atoms with E-state index in [0.29, 0.717) is 17.0 Å². The molecule has 0 fully saturated rings. The number of carbonyl (C=O) groups excluding carboxylic acids is 1. The second-order valence-electron chi connectivity index (χ2n) is 8.11. The highest BCUT2D eigenvalue weighted by atomic mass is 19.1. The Morgan fingerprint density at radius 3 is 2.61 bits per heavy atom. The molecule has 0 bridgehead atoms. The average Bonchev–Trinajstić information content (AvgIpc) is 3.09. The molecule has 1 N–H and O–H groups in total. The van der Waals surface area contributed by atoms with Crippen LogP contribution in [0, 0.1) is 23.0 Å². The van der Waals surface area contributed by atoms with Crippen molar-refractivity contribution in [3.05, 3.63) is 82.7 Å². The fraction of sp³-hybridized carbons (Fsp3) is 0.261. The third-order valence-corrected chi connectivity index (χ3v) is 4.43. The third kappa shape index (κ3) is 5.89. The Bertz CT molecular complexity index is 1140. The maximum Gasteiger partial charge on any atom is 0.224 e. The first kappa shape index (κ1) is 22.0. The maximum atomic E-state index is 13.8. The lowest BCUT2D eigenvalue weighted by Crippen LogP contribution is -2.26. The summed E-state index contributed by atoms with van der Waals surface area (Å²) in [5.41, 5.74) is 1.61. The standard InChI is InChI=1S/C23H22F2N4O2/c1-23(2,3)21-12-19(14-27-22(30)10-15-5-4-6-17(24)7-15)29(28-21)31-20-9-16(13-26)8-18(25)11-20/h4-9,11-12H,10,14H2,1-3H3,(H,27,30). The van der Waals surface area contributed by atoms with E-state index < -0.39 is 11.6 Å². The van der Waals surface area contributed by atoms with Crippen molar-refractivity contribution in [2.75, 3.05) is 0 Å². The first-order chi connectivity index (χ1) is 14.6. The van der Waals surface area contributed by atoms with Crippen molar-refractivity contribution in [3.63, 3.8) is 0 Å². The molecule has 0 unspecified atom stereocenters. The van der Waals surface area contributed by atoms with Crippen LogP contribution in [0.2, 0.25) is 0 Å². The Kier molecular flexibility index (Phi) is 6.35. The minimum absolute atomic E-state index is 0.0221. The van der Waals surface area contributed by atoms with Gasteiger partial charge in [0.05, 0.1) is 30.3 Å². The molecule has 3 aromatic rings. The van der Waals surface area contributed by atoms with Crippen LogP contribution in [0.1, 0.15) is 43.3 Å². The summed E-state index contributed by atoms with van der Waals surface area (Å²) in [5, 5.41) is 16.2. The fourth-order valence-corrected chi connectivity index (χ4v) is 2.83. The monoisotopic (exact) mass is 424 g/mol. The smallest absolute Gasteiger partial charge is 0.224 e. The zero-order chi connectivity index (χ0) is 22.6. The molecule has 0 aliphatic heterocycles. The average molecular weight is 424 g/mol. The van der Waals surface area contributed by atoms with Crippen LogP contribution in [0.5, 0.6) is 5.75 Å². The summed E-state index contributed by atoms with van der Waals surface area (Å²) in [4.78, 5) is 19.2. The van der Waals surface area contributed by atoms with Gasteiger partial charge in [0.25, 0.3) is 0 Å². The molecule has 31 heavy (non-hydrogen) atoms. The number of hydrogen-bond donors (Lipinski definition) is 1. The fourth-order valence-electron chi connectivity index (χ4n) is 2.83. The maximum absolute atomic E-state index is 13.8. The Labute approximate surface area is 179 Å². The van der Waals surface area contributed by atoms with Gasteiger partial charge in [-0.15, -0.1) is 5.10 Å². The second-order valence-corrected chi connectivity index (χ2v) is 8.11. The lowest BCUT2D eigenvalue weighted by Gasteiger charge is -2.14. The lowest BCUT2D eigenvalue weighted by atomic mass is 9.92. The van der Waals surface area contributed by atoms with Crippen LogP contribution in [-0.2, 0) is 23.2 Å². The molecule has 2 aromatic carbocycles. The van der Waals surface area contributed by atoms with Crippen molar-refractivity contribution in [1.82, 2.24) is 15.3 Å². The highest BCUT2D eigenvalue weighted by Gasteiger charge is 2.21. The van der Waals surface area contributed by atoms with E-state index in [0.717, 1.165) is 12.1 Å². The van der Waals surface area contributed by atoms with E-state index in [1.807, 2.05) is 26.8 Å². The minimum Gasteiger partial charge on any atom is -0.358 e. The van der Waals surface area contributed by atoms with Crippen molar-refractivity contribution in [2.24, 2.45) is 0 Å². The van der Waals surface area contributed by atoms with Crippen LogP contribution < -0.4 is 10.2 Å². The van der Waals surface area contributed by atoms with Crippen molar-refractivity contribution in [3.8, 4) is 11.8 Å². The molecule has 1 aromatic heterocycles. The van der Waals surface area contributed by atoms with Gasteiger partial charge in [-0.05, 0) is 29.8 Å². The van der Waals surface area contributed by atoms with Gasteiger partial charge < -0.3 is 10.2 Å². The second kappa shape index (κ2) is 8.96. The molecule has 0 aliphatic rings. The molecule has 0 spiro atoms. The first-order valence-corrected chi connectivity index (χ1v) is 9.63. The molecule has 160 valence electrons. The largest absolute Gasteiger partial charge is 0.358 e. The Hall–Kier alpha value is -3.73. The third-order valence-electron chi connectivity index (χ3n) is 4.43. The number of aromatic nitrogens is 2. The van der Waals surface area contributed by atoms with Gasteiger partial charge in [0.2, 0.25) is 5.91 Å². The number of hydrogen-bond acceptors (Lipinski definition) is 4. The lowest BCUT2D eigenvalue weighted by molar-refractivity contribution is -0.120. The van der Waals surface area contributed by atoms with Crippen molar-refractivity contribution in [2.45, 2.75) is 39.2 Å². The Morgan fingerprint density at radius 1 is 1.16 bits per heavy atom. The zero-order valence-electron chi connectivity index (χ0n) is 17.4. The van der Waals surface area contributed by atoms with Crippen molar-refractivity contribution < 1.29 is 18.4 Å². The molecule has 3 rings (SSSR count). The molecule has 1 heterocycles. The number of nitriles is 1. The summed E-state index contributed by atoms with van der Waals surface area (Å²) >= 11 is 0. The molecule has 0 saturated heterocycles. The number of carbonyl (C=O) groups is 1. The van der Waals surface area contributed by atoms with E-state index >= 15 is 0 Å². The van der Waals surface area contributed by atoms with Crippen molar-refractivity contribution >= 4 is 5.91 Å². The molecular formula is C23H22F2N4O2. The molecule has 0 aliphatic carbocycles. The summed E-state index contributed by atoms with van der Waals surface area (Å²) in [6, 6.07) is 13.1. The number of benzene rings is 2.